The van der Waals surface area contributed by atoms with Crippen molar-refractivity contribution in [2.45, 2.75) is 75.0 Å². The molecular weight excluding hydrogens is 699 g/mol. The summed E-state index contributed by atoms with van der Waals surface area (Å²) in [5, 5.41) is 1.55. The first-order chi connectivity index (χ1) is 25.9. The van der Waals surface area contributed by atoms with Crippen molar-refractivity contribution in [1.82, 2.24) is 9.80 Å². The van der Waals surface area contributed by atoms with Crippen molar-refractivity contribution >= 4 is 29.1 Å². The summed E-state index contributed by atoms with van der Waals surface area (Å²) in [6.07, 6.45) is 11.7. The standard InChI is InChI=1S/C23H26ClNO2.C23H28ClNO/c24-20-11-9-19(10-12-20)23(13-5-14-23)22(26)25-15-4-6-18(16-25)17-27-21-7-2-1-3-8-21;24-21-11-9-20(10-12-21)23(13-5-14-23)18-25-15-4-6-19(16-25)17-26-22-7-2-1-3-8-22/h1-3,7-12,18H,4-6,13-17H2;1-3,7-12,19H,4-6,13-18H2/t18-;19-/m11/s1. The number of amides is 1. The number of hydrogen-bond donors (Lipinski definition) is 0. The molecule has 280 valence electrons. The second-order valence-electron chi connectivity index (χ2n) is 15.8. The third-order valence-corrected chi connectivity index (χ3v) is 12.7. The van der Waals surface area contributed by atoms with Gasteiger partial charge in [-0.1, -0.05) is 96.7 Å². The first-order valence-corrected chi connectivity index (χ1v) is 20.6. The van der Waals surface area contributed by atoms with E-state index in [1.807, 2.05) is 97.1 Å². The SMILES string of the molecule is Clc1ccc(C2(CN3CCC[C@@H](COc4ccccc4)C3)CCC2)cc1.O=C(N1CCC[C@@H](COc2ccccc2)C1)C1(c2ccc(Cl)cc2)CCC1. The van der Waals surface area contributed by atoms with Gasteiger partial charge in [-0.2, -0.15) is 0 Å². The van der Waals surface area contributed by atoms with Gasteiger partial charge in [0.15, 0.2) is 0 Å². The van der Waals surface area contributed by atoms with Crippen LogP contribution in [-0.4, -0.2) is 61.6 Å². The fourth-order valence-electron chi connectivity index (χ4n) is 8.88. The average Bonchev–Trinajstić information content (AvgIpc) is 3.17. The summed E-state index contributed by atoms with van der Waals surface area (Å²) < 4.78 is 12.0. The number of nitrogens with zero attached hydrogens (tertiary/aromatic N) is 2. The monoisotopic (exact) mass is 752 g/mol. The van der Waals surface area contributed by atoms with Gasteiger partial charge >= 0.3 is 0 Å². The average molecular weight is 754 g/mol. The zero-order valence-corrected chi connectivity index (χ0v) is 32.5. The molecule has 0 radical (unpaired) electrons. The lowest BCUT2D eigenvalue weighted by Gasteiger charge is -2.47. The maximum absolute atomic E-state index is 13.5. The molecule has 4 aromatic carbocycles. The third kappa shape index (κ3) is 9.42. The number of carbonyl (C=O) groups is 1. The maximum atomic E-state index is 13.5. The van der Waals surface area contributed by atoms with E-state index in [0.29, 0.717) is 29.8 Å². The molecule has 8 rings (SSSR count). The molecule has 7 heteroatoms. The zero-order chi connectivity index (χ0) is 36.5. The summed E-state index contributed by atoms with van der Waals surface area (Å²) in [7, 11) is 0. The van der Waals surface area contributed by atoms with Gasteiger partial charge in [-0.15, -0.1) is 0 Å². The number of hydrogen-bond acceptors (Lipinski definition) is 4. The number of ether oxygens (including phenoxy) is 2. The first-order valence-electron chi connectivity index (χ1n) is 19.8. The van der Waals surface area contributed by atoms with Crippen LogP contribution in [-0.2, 0) is 15.6 Å². The Morgan fingerprint density at radius 1 is 0.604 bits per heavy atom. The van der Waals surface area contributed by atoms with Gasteiger partial charge in [0.1, 0.15) is 11.5 Å². The fraction of sp³-hybridized carbons (Fsp3) is 0.457. The van der Waals surface area contributed by atoms with Crippen LogP contribution in [0.1, 0.15) is 75.3 Å². The summed E-state index contributed by atoms with van der Waals surface area (Å²) in [5.41, 5.74) is 2.58. The minimum Gasteiger partial charge on any atom is -0.493 e. The molecule has 2 atom stereocenters. The van der Waals surface area contributed by atoms with E-state index in [1.54, 1.807) is 0 Å². The highest BCUT2D eigenvalue weighted by atomic mass is 35.5. The van der Waals surface area contributed by atoms with Crippen LogP contribution >= 0.6 is 23.2 Å². The van der Waals surface area contributed by atoms with Gasteiger partial charge in [0.2, 0.25) is 5.91 Å². The van der Waals surface area contributed by atoms with Crippen LogP contribution < -0.4 is 9.47 Å². The molecule has 2 aliphatic heterocycles. The van der Waals surface area contributed by atoms with Crippen molar-refractivity contribution in [2.75, 3.05) is 45.9 Å². The Morgan fingerprint density at radius 3 is 1.62 bits per heavy atom. The summed E-state index contributed by atoms with van der Waals surface area (Å²) in [6.45, 7) is 6.70. The van der Waals surface area contributed by atoms with Crippen LogP contribution in [0.25, 0.3) is 0 Å². The van der Waals surface area contributed by atoms with E-state index in [0.717, 1.165) is 85.5 Å². The normalized spacial score (nSPS) is 22.0. The van der Waals surface area contributed by atoms with E-state index in [1.165, 1.54) is 50.8 Å². The number of benzene rings is 4. The molecule has 0 bridgehead atoms. The number of halogens is 2. The van der Waals surface area contributed by atoms with Crippen LogP contribution in [0.15, 0.2) is 109 Å². The van der Waals surface area contributed by atoms with Crippen molar-refractivity contribution in [3.8, 4) is 11.5 Å². The lowest BCUT2D eigenvalue weighted by molar-refractivity contribution is -0.143. The predicted octanol–water partition coefficient (Wildman–Crippen LogP) is 10.6. The van der Waals surface area contributed by atoms with Crippen molar-refractivity contribution in [1.29, 1.82) is 0 Å². The first kappa shape index (κ1) is 37.8. The largest absolute Gasteiger partial charge is 0.493 e. The molecule has 2 aliphatic carbocycles. The van der Waals surface area contributed by atoms with Crippen LogP contribution in [0.4, 0.5) is 0 Å². The van der Waals surface area contributed by atoms with E-state index >= 15 is 0 Å². The molecule has 2 saturated heterocycles. The third-order valence-electron chi connectivity index (χ3n) is 12.2. The second kappa shape index (κ2) is 17.8. The Hall–Kier alpha value is -3.51. The Kier molecular flexibility index (Phi) is 12.7. The van der Waals surface area contributed by atoms with E-state index in [4.69, 9.17) is 32.7 Å². The zero-order valence-electron chi connectivity index (χ0n) is 30.9. The smallest absolute Gasteiger partial charge is 0.233 e. The van der Waals surface area contributed by atoms with Crippen molar-refractivity contribution < 1.29 is 14.3 Å². The molecule has 4 aliphatic rings. The van der Waals surface area contributed by atoms with Gasteiger partial charge in [0, 0.05) is 53.5 Å². The summed E-state index contributed by atoms with van der Waals surface area (Å²) in [5.74, 6) is 3.20. The molecule has 0 unspecified atom stereocenters. The molecule has 5 nitrogen and oxygen atoms in total. The number of likely N-dealkylation sites (tertiary alicyclic amines) is 2. The Balaban J connectivity index is 0.000000164. The quantitative estimate of drug-likeness (QED) is 0.153. The van der Waals surface area contributed by atoms with Gasteiger partial charge in [0.05, 0.1) is 18.6 Å². The molecule has 1 amide bonds. The highest BCUT2D eigenvalue weighted by Gasteiger charge is 2.48. The summed E-state index contributed by atoms with van der Waals surface area (Å²) in [6, 6.07) is 36.5. The number of rotatable bonds is 11. The van der Waals surface area contributed by atoms with E-state index in [9.17, 15) is 4.79 Å². The fourth-order valence-corrected chi connectivity index (χ4v) is 9.13. The van der Waals surface area contributed by atoms with E-state index in [2.05, 4.69) is 21.9 Å². The lowest BCUT2D eigenvalue weighted by Crippen LogP contribution is -2.54. The van der Waals surface area contributed by atoms with Crippen molar-refractivity contribution in [2.24, 2.45) is 11.8 Å². The molecule has 0 N–H and O–H groups in total. The van der Waals surface area contributed by atoms with Crippen molar-refractivity contribution in [3.05, 3.63) is 130 Å². The van der Waals surface area contributed by atoms with Crippen LogP contribution in [0, 0.1) is 11.8 Å². The molecule has 0 aromatic heterocycles. The second-order valence-corrected chi connectivity index (χ2v) is 16.7. The predicted molar refractivity (Wildman–Crippen MR) is 216 cm³/mol. The number of para-hydroxylation sites is 2. The molecular formula is C46H54Cl2N2O3. The Morgan fingerprint density at radius 2 is 1.11 bits per heavy atom. The van der Waals surface area contributed by atoms with E-state index in [-0.39, 0.29) is 5.41 Å². The number of piperidine rings is 2. The Labute approximate surface area is 326 Å². The van der Waals surface area contributed by atoms with Crippen LogP contribution in [0.2, 0.25) is 10.0 Å². The summed E-state index contributed by atoms with van der Waals surface area (Å²) >= 11 is 12.1. The topological polar surface area (TPSA) is 42.0 Å². The highest BCUT2D eigenvalue weighted by Crippen LogP contribution is 2.47. The van der Waals surface area contributed by atoms with Crippen LogP contribution in [0.3, 0.4) is 0 Å². The lowest BCUT2D eigenvalue weighted by atomic mass is 9.63. The molecule has 4 fully saturated rings. The Bertz CT molecular complexity index is 1730. The minimum atomic E-state index is -0.341. The van der Waals surface area contributed by atoms with Gasteiger partial charge < -0.3 is 19.3 Å². The molecule has 53 heavy (non-hydrogen) atoms. The number of carbonyl (C=O) groups excluding carboxylic acids is 1. The molecule has 2 saturated carbocycles. The van der Waals surface area contributed by atoms with Gasteiger partial charge in [-0.3, -0.25) is 4.79 Å². The van der Waals surface area contributed by atoms with Gasteiger partial charge in [0.25, 0.3) is 0 Å². The maximum Gasteiger partial charge on any atom is 0.233 e. The van der Waals surface area contributed by atoms with Crippen molar-refractivity contribution in [3.63, 3.8) is 0 Å². The highest BCUT2D eigenvalue weighted by molar-refractivity contribution is 6.30. The minimum absolute atomic E-state index is 0.292. The van der Waals surface area contributed by atoms with Gasteiger partial charge in [-0.05, 0) is 118 Å². The summed E-state index contributed by atoms with van der Waals surface area (Å²) in [4.78, 5) is 18.2. The van der Waals surface area contributed by atoms with Gasteiger partial charge in [-0.25, -0.2) is 0 Å². The molecule has 0 spiro atoms. The van der Waals surface area contributed by atoms with E-state index < -0.39 is 0 Å². The molecule has 2 heterocycles. The molecule has 4 aromatic rings. The van der Waals surface area contributed by atoms with Crippen LogP contribution in [0.5, 0.6) is 11.5 Å².